The van der Waals surface area contributed by atoms with Gasteiger partial charge in [0.2, 0.25) is 0 Å². The van der Waals surface area contributed by atoms with Crippen LogP contribution in [0.25, 0.3) is 0 Å². The van der Waals surface area contributed by atoms with E-state index in [0.717, 1.165) is 25.9 Å². The third-order valence-corrected chi connectivity index (χ3v) is 2.99. The van der Waals surface area contributed by atoms with Crippen LogP contribution in [0.4, 0.5) is 0 Å². The van der Waals surface area contributed by atoms with Gasteiger partial charge in [0.05, 0.1) is 6.54 Å². The van der Waals surface area contributed by atoms with Crippen LogP contribution in [0, 0.1) is 6.92 Å². The maximum absolute atomic E-state index is 11.3. The molecule has 2 rings (SSSR count). The van der Waals surface area contributed by atoms with Gasteiger partial charge in [-0.15, -0.1) is 0 Å². The molecule has 0 amide bonds. The molecule has 1 aliphatic rings. The van der Waals surface area contributed by atoms with E-state index in [-0.39, 0.29) is 0 Å². The van der Waals surface area contributed by atoms with Crippen molar-refractivity contribution >= 4 is 5.78 Å². The molecule has 2 nitrogen and oxygen atoms in total. The van der Waals surface area contributed by atoms with Gasteiger partial charge in [-0.25, -0.2) is 0 Å². The summed E-state index contributed by atoms with van der Waals surface area (Å²) in [5.74, 6) is 0.384. The molecule has 1 aromatic carbocycles. The minimum Gasteiger partial charge on any atom is -0.298 e. The van der Waals surface area contributed by atoms with Crippen molar-refractivity contribution in [1.29, 1.82) is 0 Å². The summed E-state index contributed by atoms with van der Waals surface area (Å²) in [5.41, 5.74) is 2.66. The van der Waals surface area contributed by atoms with Crippen LogP contribution in [0.1, 0.15) is 24.0 Å². The average molecular weight is 203 g/mol. The topological polar surface area (TPSA) is 20.3 Å². The molecule has 1 fully saturated rings. The van der Waals surface area contributed by atoms with Gasteiger partial charge >= 0.3 is 0 Å². The van der Waals surface area contributed by atoms with E-state index in [1.54, 1.807) is 0 Å². The van der Waals surface area contributed by atoms with E-state index < -0.39 is 0 Å². The number of ketones is 1. The average Bonchev–Trinajstić information content (AvgIpc) is 2.22. The SMILES string of the molecule is Cc1ccccc1CN1CCCC(=O)C1. The van der Waals surface area contributed by atoms with E-state index >= 15 is 0 Å². The third-order valence-electron chi connectivity index (χ3n) is 2.99. The van der Waals surface area contributed by atoms with Crippen LogP contribution in [0.15, 0.2) is 24.3 Å². The maximum Gasteiger partial charge on any atom is 0.146 e. The normalized spacial score (nSPS) is 18.1. The lowest BCUT2D eigenvalue weighted by Crippen LogP contribution is -2.35. The lowest BCUT2D eigenvalue weighted by Gasteiger charge is -2.26. The molecule has 1 aliphatic heterocycles. The standard InChI is InChI=1S/C13H17NO/c1-11-5-2-3-6-12(11)9-14-8-4-7-13(15)10-14/h2-3,5-6H,4,7-10H2,1H3. The first-order valence-corrected chi connectivity index (χ1v) is 5.54. The van der Waals surface area contributed by atoms with Crippen LogP contribution >= 0.6 is 0 Å². The first-order valence-electron chi connectivity index (χ1n) is 5.54. The highest BCUT2D eigenvalue weighted by Gasteiger charge is 2.16. The zero-order chi connectivity index (χ0) is 10.7. The highest BCUT2D eigenvalue weighted by molar-refractivity contribution is 5.81. The van der Waals surface area contributed by atoms with Crippen molar-refractivity contribution in [2.75, 3.05) is 13.1 Å². The summed E-state index contributed by atoms with van der Waals surface area (Å²) in [5, 5.41) is 0. The maximum atomic E-state index is 11.3. The fourth-order valence-corrected chi connectivity index (χ4v) is 2.07. The number of carbonyl (C=O) groups excluding carboxylic acids is 1. The van der Waals surface area contributed by atoms with Crippen molar-refractivity contribution in [3.63, 3.8) is 0 Å². The quantitative estimate of drug-likeness (QED) is 0.734. The number of hydrogen-bond acceptors (Lipinski definition) is 2. The predicted octanol–water partition coefficient (Wildman–Crippen LogP) is 2.16. The number of likely N-dealkylation sites (tertiary alicyclic amines) is 1. The number of aryl methyl sites for hydroxylation is 1. The summed E-state index contributed by atoms with van der Waals surface area (Å²) in [4.78, 5) is 13.6. The van der Waals surface area contributed by atoms with Crippen molar-refractivity contribution in [3.8, 4) is 0 Å². The molecule has 0 saturated carbocycles. The highest BCUT2D eigenvalue weighted by atomic mass is 16.1. The smallest absolute Gasteiger partial charge is 0.146 e. The Balaban J connectivity index is 2.02. The molecule has 1 saturated heterocycles. The Bertz CT molecular complexity index is 359. The van der Waals surface area contributed by atoms with E-state index in [9.17, 15) is 4.79 Å². The fourth-order valence-electron chi connectivity index (χ4n) is 2.07. The molecule has 0 bridgehead atoms. The van der Waals surface area contributed by atoms with Gasteiger partial charge in [-0.1, -0.05) is 24.3 Å². The van der Waals surface area contributed by atoms with Crippen molar-refractivity contribution < 1.29 is 4.79 Å². The Morgan fingerprint density at radius 2 is 2.13 bits per heavy atom. The molecule has 1 aromatic rings. The zero-order valence-electron chi connectivity index (χ0n) is 9.20. The number of nitrogens with zero attached hydrogens (tertiary/aromatic N) is 1. The van der Waals surface area contributed by atoms with Crippen LogP contribution < -0.4 is 0 Å². The summed E-state index contributed by atoms with van der Waals surface area (Å²) in [6.07, 6.45) is 1.79. The molecular weight excluding hydrogens is 186 g/mol. The Morgan fingerprint density at radius 3 is 2.87 bits per heavy atom. The van der Waals surface area contributed by atoms with Crippen LogP contribution in [0.5, 0.6) is 0 Å². The number of Topliss-reactive ketones (excluding diaryl/α,β-unsaturated/α-hetero) is 1. The Morgan fingerprint density at radius 1 is 1.33 bits per heavy atom. The van der Waals surface area contributed by atoms with Gasteiger partial charge in [0.1, 0.15) is 5.78 Å². The third kappa shape index (κ3) is 2.66. The number of hydrogen-bond donors (Lipinski definition) is 0. The van der Waals surface area contributed by atoms with Crippen LogP contribution in [-0.2, 0) is 11.3 Å². The lowest BCUT2D eigenvalue weighted by molar-refractivity contribution is -0.122. The van der Waals surface area contributed by atoms with Crippen LogP contribution in [0.3, 0.4) is 0 Å². The highest BCUT2D eigenvalue weighted by Crippen LogP contribution is 2.13. The van der Waals surface area contributed by atoms with Gasteiger partial charge in [0, 0.05) is 13.0 Å². The monoisotopic (exact) mass is 203 g/mol. The second-order valence-corrected chi connectivity index (χ2v) is 4.28. The molecule has 15 heavy (non-hydrogen) atoms. The summed E-state index contributed by atoms with van der Waals surface area (Å²) in [6.45, 7) is 4.73. The number of rotatable bonds is 2. The Hall–Kier alpha value is -1.15. The molecule has 0 aliphatic carbocycles. The number of carbonyl (C=O) groups is 1. The molecular formula is C13H17NO. The van der Waals surface area contributed by atoms with Gasteiger partial charge in [-0.2, -0.15) is 0 Å². The van der Waals surface area contributed by atoms with Gasteiger partial charge < -0.3 is 0 Å². The molecule has 0 unspecified atom stereocenters. The molecule has 80 valence electrons. The molecule has 0 radical (unpaired) electrons. The first kappa shape index (κ1) is 10.4. The van der Waals surface area contributed by atoms with Gasteiger partial charge in [-0.3, -0.25) is 9.69 Å². The largest absolute Gasteiger partial charge is 0.298 e. The predicted molar refractivity (Wildman–Crippen MR) is 60.7 cm³/mol. The summed E-state index contributed by atoms with van der Waals surface area (Å²) < 4.78 is 0. The summed E-state index contributed by atoms with van der Waals surface area (Å²) in [6, 6.07) is 8.39. The van der Waals surface area contributed by atoms with E-state index in [1.807, 2.05) is 0 Å². The van der Waals surface area contributed by atoms with Gasteiger partial charge in [0.15, 0.2) is 0 Å². The summed E-state index contributed by atoms with van der Waals surface area (Å²) >= 11 is 0. The second-order valence-electron chi connectivity index (χ2n) is 4.28. The Labute approximate surface area is 90.9 Å². The zero-order valence-corrected chi connectivity index (χ0v) is 9.20. The van der Waals surface area contributed by atoms with E-state index in [4.69, 9.17) is 0 Å². The van der Waals surface area contributed by atoms with Crippen molar-refractivity contribution in [2.24, 2.45) is 0 Å². The molecule has 0 aromatic heterocycles. The summed E-state index contributed by atoms with van der Waals surface area (Å²) in [7, 11) is 0. The van der Waals surface area contributed by atoms with Gasteiger partial charge in [-0.05, 0) is 31.0 Å². The van der Waals surface area contributed by atoms with Gasteiger partial charge in [0.25, 0.3) is 0 Å². The molecule has 1 heterocycles. The van der Waals surface area contributed by atoms with E-state index in [2.05, 4.69) is 36.1 Å². The second kappa shape index (κ2) is 4.58. The minimum absolute atomic E-state index is 0.384. The molecule has 2 heteroatoms. The lowest BCUT2D eigenvalue weighted by atomic mass is 10.1. The van der Waals surface area contributed by atoms with Crippen LogP contribution in [-0.4, -0.2) is 23.8 Å². The number of piperidine rings is 1. The Kier molecular flexibility index (Phi) is 3.17. The fraction of sp³-hybridized carbons (Fsp3) is 0.462. The van der Waals surface area contributed by atoms with E-state index in [0.29, 0.717) is 12.3 Å². The molecule has 0 spiro atoms. The first-order chi connectivity index (χ1) is 7.25. The van der Waals surface area contributed by atoms with Crippen molar-refractivity contribution in [2.45, 2.75) is 26.3 Å². The van der Waals surface area contributed by atoms with Crippen molar-refractivity contribution in [3.05, 3.63) is 35.4 Å². The number of benzene rings is 1. The molecule has 0 N–H and O–H groups in total. The molecule has 0 atom stereocenters. The van der Waals surface area contributed by atoms with Crippen molar-refractivity contribution in [1.82, 2.24) is 4.90 Å². The minimum atomic E-state index is 0.384. The van der Waals surface area contributed by atoms with E-state index in [1.165, 1.54) is 11.1 Å². The van der Waals surface area contributed by atoms with Crippen LogP contribution in [0.2, 0.25) is 0 Å².